The van der Waals surface area contributed by atoms with Crippen molar-refractivity contribution in [3.63, 3.8) is 0 Å². The van der Waals surface area contributed by atoms with Gasteiger partial charge in [0.1, 0.15) is 11.6 Å². The summed E-state index contributed by atoms with van der Waals surface area (Å²) in [6, 6.07) is 4.75. The minimum absolute atomic E-state index is 0.0687. The highest BCUT2D eigenvalue weighted by Crippen LogP contribution is 2.17. The minimum atomic E-state index is -0.256. The maximum absolute atomic E-state index is 13.1. The molecule has 0 bridgehead atoms. The van der Waals surface area contributed by atoms with Crippen LogP contribution in [0.3, 0.4) is 0 Å². The fraction of sp³-hybridized carbons (Fsp3) is 0.455. The van der Waals surface area contributed by atoms with E-state index in [0.29, 0.717) is 12.3 Å². The van der Waals surface area contributed by atoms with Gasteiger partial charge in [0.05, 0.1) is 6.10 Å². The summed E-state index contributed by atoms with van der Waals surface area (Å²) in [5.74, 6) is 0.332. The Kier molecular flexibility index (Phi) is 3.89. The maximum atomic E-state index is 13.1. The SMILES string of the molecule is CNCc1cc(F)cc(OC(C)C)c1. The Balaban J connectivity index is 2.83. The van der Waals surface area contributed by atoms with Crippen LogP contribution >= 0.6 is 0 Å². The number of halogens is 1. The maximum Gasteiger partial charge on any atom is 0.127 e. The zero-order valence-electron chi connectivity index (χ0n) is 8.80. The second kappa shape index (κ2) is 4.96. The first kappa shape index (κ1) is 11.0. The summed E-state index contributed by atoms with van der Waals surface area (Å²) in [5.41, 5.74) is 0.892. The molecule has 0 saturated heterocycles. The Hall–Kier alpha value is -1.09. The Morgan fingerprint density at radius 3 is 2.64 bits per heavy atom. The van der Waals surface area contributed by atoms with E-state index in [1.165, 1.54) is 12.1 Å². The number of nitrogens with one attached hydrogen (secondary N) is 1. The molecule has 0 aliphatic carbocycles. The zero-order chi connectivity index (χ0) is 10.6. The van der Waals surface area contributed by atoms with Crippen molar-refractivity contribution in [3.05, 3.63) is 29.6 Å². The van der Waals surface area contributed by atoms with Gasteiger partial charge < -0.3 is 10.1 Å². The topological polar surface area (TPSA) is 21.3 Å². The minimum Gasteiger partial charge on any atom is -0.491 e. The van der Waals surface area contributed by atoms with Gasteiger partial charge in [-0.3, -0.25) is 0 Å². The first-order chi connectivity index (χ1) is 6.61. The summed E-state index contributed by atoms with van der Waals surface area (Å²) >= 11 is 0. The van der Waals surface area contributed by atoms with E-state index < -0.39 is 0 Å². The molecule has 0 aliphatic rings. The fourth-order valence-corrected chi connectivity index (χ4v) is 1.27. The summed E-state index contributed by atoms with van der Waals surface area (Å²) in [4.78, 5) is 0. The molecule has 14 heavy (non-hydrogen) atoms. The molecule has 2 nitrogen and oxygen atoms in total. The van der Waals surface area contributed by atoms with Crippen LogP contribution in [-0.2, 0) is 6.54 Å². The molecule has 1 aromatic carbocycles. The van der Waals surface area contributed by atoms with Crippen LogP contribution in [0.2, 0.25) is 0 Å². The largest absolute Gasteiger partial charge is 0.491 e. The van der Waals surface area contributed by atoms with Gasteiger partial charge in [-0.2, -0.15) is 0 Å². The third-order valence-electron chi connectivity index (χ3n) is 1.68. The smallest absolute Gasteiger partial charge is 0.127 e. The van der Waals surface area contributed by atoms with Gasteiger partial charge in [0.25, 0.3) is 0 Å². The van der Waals surface area contributed by atoms with Crippen molar-refractivity contribution in [2.24, 2.45) is 0 Å². The summed E-state index contributed by atoms with van der Waals surface area (Å²) in [5, 5.41) is 2.97. The monoisotopic (exact) mass is 197 g/mol. The average molecular weight is 197 g/mol. The second-order valence-electron chi connectivity index (χ2n) is 3.49. The lowest BCUT2D eigenvalue weighted by atomic mass is 10.2. The van der Waals surface area contributed by atoms with Crippen molar-refractivity contribution in [3.8, 4) is 5.75 Å². The van der Waals surface area contributed by atoms with Crippen LogP contribution in [-0.4, -0.2) is 13.2 Å². The Morgan fingerprint density at radius 1 is 1.36 bits per heavy atom. The molecular weight excluding hydrogens is 181 g/mol. The normalized spacial score (nSPS) is 10.6. The number of hydrogen-bond acceptors (Lipinski definition) is 2. The van der Waals surface area contributed by atoms with Gasteiger partial charge in [-0.1, -0.05) is 0 Å². The van der Waals surface area contributed by atoms with Gasteiger partial charge >= 0.3 is 0 Å². The molecule has 0 aromatic heterocycles. The number of rotatable bonds is 4. The number of ether oxygens (including phenoxy) is 1. The van der Waals surface area contributed by atoms with E-state index in [1.54, 1.807) is 0 Å². The van der Waals surface area contributed by atoms with E-state index in [2.05, 4.69) is 5.32 Å². The Bertz CT molecular complexity index is 299. The summed E-state index contributed by atoms with van der Waals surface area (Å²) in [6.07, 6.45) is 0.0687. The molecule has 0 saturated carbocycles. The van der Waals surface area contributed by atoms with Crippen LogP contribution in [0, 0.1) is 5.82 Å². The van der Waals surface area contributed by atoms with Crippen molar-refractivity contribution in [2.75, 3.05) is 7.05 Å². The molecule has 0 unspecified atom stereocenters. The quantitative estimate of drug-likeness (QED) is 0.799. The second-order valence-corrected chi connectivity index (χ2v) is 3.49. The number of benzene rings is 1. The van der Waals surface area contributed by atoms with Crippen LogP contribution in [0.5, 0.6) is 5.75 Å². The van der Waals surface area contributed by atoms with E-state index in [0.717, 1.165) is 5.56 Å². The number of hydrogen-bond donors (Lipinski definition) is 1. The molecule has 0 heterocycles. The highest BCUT2D eigenvalue weighted by Gasteiger charge is 2.02. The van der Waals surface area contributed by atoms with Gasteiger partial charge in [-0.25, -0.2) is 4.39 Å². The molecule has 3 heteroatoms. The van der Waals surface area contributed by atoms with Crippen LogP contribution in [0.15, 0.2) is 18.2 Å². The van der Waals surface area contributed by atoms with Crippen molar-refractivity contribution in [2.45, 2.75) is 26.5 Å². The molecule has 1 rings (SSSR count). The van der Waals surface area contributed by atoms with Crippen molar-refractivity contribution >= 4 is 0 Å². The summed E-state index contributed by atoms with van der Waals surface area (Å²) < 4.78 is 18.5. The molecular formula is C11H16FNO. The lowest BCUT2D eigenvalue weighted by Gasteiger charge is -2.11. The molecule has 0 radical (unpaired) electrons. The predicted octanol–water partition coefficient (Wildman–Crippen LogP) is 2.33. The summed E-state index contributed by atoms with van der Waals surface area (Å²) in [6.45, 7) is 4.48. The molecule has 0 fully saturated rings. The van der Waals surface area contributed by atoms with E-state index in [-0.39, 0.29) is 11.9 Å². The van der Waals surface area contributed by atoms with Crippen molar-refractivity contribution < 1.29 is 9.13 Å². The van der Waals surface area contributed by atoms with Crippen LogP contribution in [0.1, 0.15) is 19.4 Å². The Labute approximate surface area is 84.1 Å². The van der Waals surface area contributed by atoms with Crippen molar-refractivity contribution in [1.29, 1.82) is 0 Å². The van der Waals surface area contributed by atoms with Gasteiger partial charge in [-0.05, 0) is 38.6 Å². The molecule has 78 valence electrons. The van der Waals surface area contributed by atoms with Crippen LogP contribution in [0.25, 0.3) is 0 Å². The standard InChI is InChI=1S/C11H16FNO/c1-8(2)14-11-5-9(7-13-3)4-10(12)6-11/h4-6,8,13H,7H2,1-3H3. The third-order valence-corrected chi connectivity index (χ3v) is 1.68. The van der Waals surface area contributed by atoms with Crippen LogP contribution < -0.4 is 10.1 Å². The highest BCUT2D eigenvalue weighted by molar-refractivity contribution is 5.29. The highest BCUT2D eigenvalue weighted by atomic mass is 19.1. The lowest BCUT2D eigenvalue weighted by Crippen LogP contribution is -2.08. The van der Waals surface area contributed by atoms with Gasteiger partial charge in [0, 0.05) is 12.6 Å². The fourth-order valence-electron chi connectivity index (χ4n) is 1.27. The first-order valence-corrected chi connectivity index (χ1v) is 4.72. The molecule has 0 spiro atoms. The molecule has 0 atom stereocenters. The average Bonchev–Trinajstić information content (AvgIpc) is 2.01. The Morgan fingerprint density at radius 2 is 2.07 bits per heavy atom. The van der Waals surface area contributed by atoms with Gasteiger partial charge in [0.15, 0.2) is 0 Å². The van der Waals surface area contributed by atoms with Crippen molar-refractivity contribution in [1.82, 2.24) is 5.32 Å². The third kappa shape index (κ3) is 3.34. The molecule has 0 amide bonds. The van der Waals surface area contributed by atoms with E-state index >= 15 is 0 Å². The zero-order valence-corrected chi connectivity index (χ0v) is 8.80. The van der Waals surface area contributed by atoms with E-state index in [1.807, 2.05) is 27.0 Å². The molecule has 0 aliphatic heterocycles. The lowest BCUT2D eigenvalue weighted by molar-refractivity contribution is 0.241. The van der Waals surface area contributed by atoms with E-state index in [9.17, 15) is 4.39 Å². The predicted molar refractivity (Wildman–Crippen MR) is 54.9 cm³/mol. The molecule has 1 aromatic rings. The molecule has 1 N–H and O–H groups in total. The van der Waals surface area contributed by atoms with E-state index in [4.69, 9.17) is 4.74 Å². The summed E-state index contributed by atoms with van der Waals surface area (Å²) in [7, 11) is 1.83. The van der Waals surface area contributed by atoms with Gasteiger partial charge in [-0.15, -0.1) is 0 Å². The van der Waals surface area contributed by atoms with Crippen LogP contribution in [0.4, 0.5) is 4.39 Å². The van der Waals surface area contributed by atoms with Gasteiger partial charge in [0.2, 0.25) is 0 Å². The first-order valence-electron chi connectivity index (χ1n) is 4.72.